The number of thioether (sulfide) groups is 1. The van der Waals surface area contributed by atoms with Gasteiger partial charge in [0, 0.05) is 23.2 Å². The predicted octanol–water partition coefficient (Wildman–Crippen LogP) is 5.31. The van der Waals surface area contributed by atoms with Crippen LogP contribution in [0.25, 0.3) is 10.8 Å². The van der Waals surface area contributed by atoms with E-state index in [0.717, 1.165) is 16.5 Å². The molecule has 3 aromatic carbocycles. The van der Waals surface area contributed by atoms with Crippen LogP contribution >= 0.6 is 11.8 Å². The molecule has 0 radical (unpaired) electrons. The van der Waals surface area contributed by atoms with Crippen LogP contribution in [0.5, 0.6) is 0 Å². The maximum Gasteiger partial charge on any atom is 0.251 e. The molecule has 35 heavy (non-hydrogen) atoms. The Kier molecular flexibility index (Phi) is 7.82. The van der Waals surface area contributed by atoms with Crippen molar-refractivity contribution in [2.75, 3.05) is 11.1 Å². The van der Waals surface area contributed by atoms with Crippen LogP contribution in [-0.4, -0.2) is 32.3 Å². The van der Waals surface area contributed by atoms with Crippen LogP contribution in [0.1, 0.15) is 43.0 Å². The number of amides is 2. The van der Waals surface area contributed by atoms with Gasteiger partial charge >= 0.3 is 0 Å². The summed E-state index contributed by atoms with van der Waals surface area (Å²) < 4.78 is 1.96. The second kappa shape index (κ2) is 11.2. The van der Waals surface area contributed by atoms with Crippen LogP contribution < -0.4 is 10.6 Å². The molecule has 4 rings (SSSR count). The largest absolute Gasteiger partial charge is 0.342 e. The zero-order valence-electron chi connectivity index (χ0n) is 20.1. The Morgan fingerprint density at radius 1 is 0.943 bits per heavy atom. The number of anilines is 1. The third-order valence-corrected chi connectivity index (χ3v) is 6.69. The summed E-state index contributed by atoms with van der Waals surface area (Å²) in [6, 6.07) is 22.6. The lowest BCUT2D eigenvalue weighted by Gasteiger charge is -2.22. The van der Waals surface area contributed by atoms with Gasteiger partial charge in [0.25, 0.3) is 5.91 Å². The first-order valence-electron chi connectivity index (χ1n) is 11.7. The minimum Gasteiger partial charge on any atom is -0.342 e. The van der Waals surface area contributed by atoms with Crippen LogP contribution in [-0.2, 0) is 11.3 Å². The Morgan fingerprint density at radius 3 is 2.40 bits per heavy atom. The van der Waals surface area contributed by atoms with E-state index in [-0.39, 0.29) is 29.5 Å². The van der Waals surface area contributed by atoms with Crippen LogP contribution in [0.15, 0.2) is 78.0 Å². The van der Waals surface area contributed by atoms with Crippen molar-refractivity contribution >= 4 is 40.0 Å². The third kappa shape index (κ3) is 5.71. The molecule has 0 aliphatic rings. The predicted molar refractivity (Wildman–Crippen MR) is 140 cm³/mol. The molecule has 0 aliphatic carbocycles. The van der Waals surface area contributed by atoms with Gasteiger partial charge in [-0.3, -0.25) is 9.59 Å². The maximum absolute atomic E-state index is 12.8. The SMILES string of the molecule is CCn1c(SCC(=O)Nc2cccc3ccccc23)nnc1[C@H](NC(=O)c1ccccc1)C(C)C. The van der Waals surface area contributed by atoms with Crippen molar-refractivity contribution < 1.29 is 9.59 Å². The molecule has 0 spiro atoms. The fourth-order valence-corrected chi connectivity index (χ4v) is 4.74. The lowest BCUT2D eigenvalue weighted by Crippen LogP contribution is -2.33. The van der Waals surface area contributed by atoms with Crippen molar-refractivity contribution in [1.29, 1.82) is 0 Å². The molecule has 0 bridgehead atoms. The van der Waals surface area contributed by atoms with Gasteiger partial charge in [0.1, 0.15) is 0 Å². The zero-order chi connectivity index (χ0) is 24.8. The van der Waals surface area contributed by atoms with Gasteiger partial charge in [-0.2, -0.15) is 0 Å². The number of hydrogen-bond donors (Lipinski definition) is 2. The molecule has 180 valence electrons. The first-order chi connectivity index (χ1) is 17.0. The van der Waals surface area contributed by atoms with Gasteiger partial charge in [-0.05, 0) is 36.4 Å². The van der Waals surface area contributed by atoms with Crippen molar-refractivity contribution in [3.63, 3.8) is 0 Å². The molecule has 2 amide bonds. The van der Waals surface area contributed by atoms with E-state index < -0.39 is 0 Å². The van der Waals surface area contributed by atoms with E-state index in [0.29, 0.717) is 23.1 Å². The number of nitrogens with one attached hydrogen (secondary N) is 2. The molecule has 2 N–H and O–H groups in total. The van der Waals surface area contributed by atoms with E-state index in [1.165, 1.54) is 11.8 Å². The second-order valence-electron chi connectivity index (χ2n) is 8.51. The number of fused-ring (bicyclic) bond motifs is 1. The van der Waals surface area contributed by atoms with E-state index in [2.05, 4.69) is 20.8 Å². The Labute approximate surface area is 209 Å². The summed E-state index contributed by atoms with van der Waals surface area (Å²) in [6.07, 6.45) is 0. The zero-order valence-corrected chi connectivity index (χ0v) is 20.9. The van der Waals surface area contributed by atoms with E-state index in [1.54, 1.807) is 12.1 Å². The summed E-state index contributed by atoms with van der Waals surface area (Å²) in [4.78, 5) is 25.5. The summed E-state index contributed by atoms with van der Waals surface area (Å²) in [5.41, 5.74) is 1.38. The van der Waals surface area contributed by atoms with Gasteiger partial charge in [-0.25, -0.2) is 0 Å². The number of aromatic nitrogens is 3. The molecule has 0 fully saturated rings. The van der Waals surface area contributed by atoms with Gasteiger partial charge in [0.05, 0.1) is 11.8 Å². The highest BCUT2D eigenvalue weighted by Crippen LogP contribution is 2.27. The number of hydrogen-bond acceptors (Lipinski definition) is 5. The molecule has 8 heteroatoms. The van der Waals surface area contributed by atoms with Crippen molar-refractivity contribution in [1.82, 2.24) is 20.1 Å². The van der Waals surface area contributed by atoms with E-state index in [4.69, 9.17) is 0 Å². The lowest BCUT2D eigenvalue weighted by molar-refractivity contribution is -0.113. The second-order valence-corrected chi connectivity index (χ2v) is 9.45. The fraction of sp³-hybridized carbons (Fsp3) is 0.259. The number of nitrogens with zero attached hydrogens (tertiary/aromatic N) is 3. The molecule has 1 aromatic heterocycles. The van der Waals surface area contributed by atoms with Crippen LogP contribution in [0, 0.1) is 5.92 Å². The smallest absolute Gasteiger partial charge is 0.251 e. The molecule has 4 aromatic rings. The standard InChI is InChI=1S/C27H29N5O2S/c1-4-32-25(24(18(2)3)29-26(34)20-12-6-5-7-13-20)30-31-27(32)35-17-23(33)28-22-16-10-14-19-11-8-9-15-21(19)22/h5-16,18,24H,4,17H2,1-3H3,(H,28,33)(H,29,34)/t24-/m1/s1. The summed E-state index contributed by atoms with van der Waals surface area (Å²) in [6.45, 7) is 6.70. The highest BCUT2D eigenvalue weighted by molar-refractivity contribution is 7.99. The highest BCUT2D eigenvalue weighted by atomic mass is 32.2. The highest BCUT2D eigenvalue weighted by Gasteiger charge is 2.26. The monoisotopic (exact) mass is 487 g/mol. The van der Waals surface area contributed by atoms with Gasteiger partial charge < -0.3 is 15.2 Å². The first-order valence-corrected chi connectivity index (χ1v) is 12.7. The average molecular weight is 488 g/mol. The van der Waals surface area contributed by atoms with Crippen LogP contribution in [0.2, 0.25) is 0 Å². The maximum atomic E-state index is 12.8. The van der Waals surface area contributed by atoms with Gasteiger partial charge in [0.15, 0.2) is 11.0 Å². The van der Waals surface area contributed by atoms with Crippen LogP contribution in [0.3, 0.4) is 0 Å². The van der Waals surface area contributed by atoms with Crippen molar-refractivity contribution in [2.24, 2.45) is 5.92 Å². The quantitative estimate of drug-likeness (QED) is 0.312. The summed E-state index contributed by atoms with van der Waals surface area (Å²) in [5, 5.41) is 17.6. The van der Waals surface area contributed by atoms with E-state index in [9.17, 15) is 9.59 Å². The lowest BCUT2D eigenvalue weighted by atomic mass is 10.0. The Morgan fingerprint density at radius 2 is 1.66 bits per heavy atom. The number of rotatable bonds is 9. The molecule has 1 atom stereocenters. The number of carbonyl (C=O) groups excluding carboxylic acids is 2. The summed E-state index contributed by atoms with van der Waals surface area (Å²) in [5.74, 6) is 0.716. The summed E-state index contributed by atoms with van der Waals surface area (Å²) >= 11 is 1.33. The van der Waals surface area contributed by atoms with Crippen molar-refractivity contribution in [3.05, 3.63) is 84.2 Å². The molecule has 0 aliphatic heterocycles. The molecule has 0 saturated heterocycles. The van der Waals surface area contributed by atoms with E-state index in [1.807, 2.05) is 86.0 Å². The molecule has 1 heterocycles. The fourth-order valence-electron chi connectivity index (χ4n) is 3.93. The van der Waals surface area contributed by atoms with E-state index >= 15 is 0 Å². The topological polar surface area (TPSA) is 88.9 Å². The molecule has 0 unspecified atom stereocenters. The minimum absolute atomic E-state index is 0.102. The Hall–Kier alpha value is -3.65. The van der Waals surface area contributed by atoms with Crippen molar-refractivity contribution in [3.8, 4) is 0 Å². The third-order valence-electron chi connectivity index (χ3n) is 5.73. The molecular weight excluding hydrogens is 458 g/mol. The molecular formula is C27H29N5O2S. The van der Waals surface area contributed by atoms with Gasteiger partial charge in [0.2, 0.25) is 5.91 Å². The van der Waals surface area contributed by atoms with Gasteiger partial charge in [-0.15, -0.1) is 10.2 Å². The van der Waals surface area contributed by atoms with Crippen molar-refractivity contribution in [2.45, 2.75) is 38.5 Å². The first kappa shape index (κ1) is 24.5. The molecule has 7 nitrogen and oxygen atoms in total. The average Bonchev–Trinajstić information content (AvgIpc) is 3.29. The minimum atomic E-state index is -0.311. The number of carbonyl (C=O) groups is 2. The van der Waals surface area contributed by atoms with Gasteiger partial charge in [-0.1, -0.05) is 80.2 Å². The normalized spacial score (nSPS) is 12.0. The Bertz CT molecular complexity index is 1310. The molecule has 0 saturated carbocycles. The Balaban J connectivity index is 1.46. The summed E-state index contributed by atoms with van der Waals surface area (Å²) in [7, 11) is 0. The number of benzene rings is 3. The van der Waals surface area contributed by atoms with Crippen LogP contribution in [0.4, 0.5) is 5.69 Å².